The van der Waals surface area contributed by atoms with E-state index in [1.54, 1.807) is 0 Å². The number of likely N-dealkylation sites (N-methyl/N-ethyl adjacent to an activating group) is 1. The van der Waals surface area contributed by atoms with Gasteiger partial charge < -0.3 is 19.1 Å². The van der Waals surface area contributed by atoms with Gasteiger partial charge in [-0.25, -0.2) is 0 Å². The van der Waals surface area contributed by atoms with Crippen molar-refractivity contribution in [2.45, 2.75) is 257 Å². The Kier molecular flexibility index (Phi) is 39.4. The number of rotatable bonds is 43. The van der Waals surface area contributed by atoms with E-state index >= 15 is 0 Å². The van der Waals surface area contributed by atoms with Crippen LogP contribution in [0.2, 0.25) is 0 Å². The van der Waals surface area contributed by atoms with E-state index < -0.39 is 5.54 Å². The SMILES string of the molecule is CCCCCCCCCCCCCC(=O)OCC(COC(=O)CCCCCCCCCCCCC)(COC(=O)CCCCCCCCCCCCC)[NH+](C)C. The van der Waals surface area contributed by atoms with Gasteiger partial charge in [0.25, 0.3) is 0 Å². The predicted molar refractivity (Wildman–Crippen MR) is 232 cm³/mol. The summed E-state index contributed by atoms with van der Waals surface area (Å²) in [6.45, 7) is 6.90. The standard InChI is InChI=1S/C48H93NO6/c1-6-9-12-15-18-21-24-27-30-33-36-39-45(50)53-42-48(49(4)5,43-54-46(51)40-37-34-31-28-25-22-19-16-13-10-7-2)44-55-47(52)41-38-35-32-29-26-23-20-17-14-11-8-3/h6-44H2,1-5H3/p+1. The van der Waals surface area contributed by atoms with Crippen LogP contribution < -0.4 is 4.90 Å². The molecule has 0 saturated heterocycles. The number of unbranched alkanes of at least 4 members (excludes halogenated alkanes) is 30. The molecule has 7 heteroatoms. The molecule has 0 radical (unpaired) electrons. The maximum Gasteiger partial charge on any atom is 0.306 e. The van der Waals surface area contributed by atoms with E-state index in [-0.39, 0.29) is 37.7 Å². The van der Waals surface area contributed by atoms with Gasteiger partial charge in [-0.1, -0.05) is 213 Å². The molecule has 326 valence electrons. The first-order valence-electron chi connectivity index (χ1n) is 24.1. The monoisotopic (exact) mass is 781 g/mol. The van der Waals surface area contributed by atoms with Gasteiger partial charge in [0.2, 0.25) is 5.54 Å². The molecule has 0 aliphatic rings. The molecule has 0 heterocycles. The van der Waals surface area contributed by atoms with E-state index in [4.69, 9.17) is 14.2 Å². The zero-order valence-electron chi connectivity index (χ0n) is 37.5. The lowest BCUT2D eigenvalue weighted by molar-refractivity contribution is -0.917. The number of carbonyl (C=O) groups is 3. The lowest BCUT2D eigenvalue weighted by Crippen LogP contribution is -3.17. The van der Waals surface area contributed by atoms with Gasteiger partial charge >= 0.3 is 17.9 Å². The molecular weight excluding hydrogens is 687 g/mol. The number of carbonyl (C=O) groups excluding carboxylic acids is 3. The predicted octanol–water partition coefficient (Wildman–Crippen LogP) is 12.6. The quantitative estimate of drug-likeness (QED) is 0.0377. The second kappa shape index (κ2) is 40.6. The van der Waals surface area contributed by atoms with E-state index in [9.17, 15) is 14.4 Å². The molecule has 0 rings (SSSR count). The third kappa shape index (κ3) is 35.3. The second-order valence-electron chi connectivity index (χ2n) is 17.1. The summed E-state index contributed by atoms with van der Waals surface area (Å²) in [6.07, 6.45) is 41.7. The zero-order chi connectivity index (χ0) is 40.5. The summed E-state index contributed by atoms with van der Waals surface area (Å²) < 4.78 is 17.5. The highest BCUT2D eigenvalue weighted by atomic mass is 16.6. The van der Waals surface area contributed by atoms with E-state index in [1.165, 1.54) is 154 Å². The van der Waals surface area contributed by atoms with Gasteiger partial charge in [-0.3, -0.25) is 14.4 Å². The van der Waals surface area contributed by atoms with Crippen LogP contribution in [0.1, 0.15) is 252 Å². The highest BCUT2D eigenvalue weighted by Crippen LogP contribution is 2.16. The molecule has 0 fully saturated rings. The molecule has 0 amide bonds. The molecule has 55 heavy (non-hydrogen) atoms. The van der Waals surface area contributed by atoms with Crippen LogP contribution >= 0.6 is 0 Å². The summed E-state index contributed by atoms with van der Waals surface area (Å²) in [6, 6.07) is 0. The van der Waals surface area contributed by atoms with E-state index in [0.717, 1.165) is 62.7 Å². The Morgan fingerprint density at radius 3 is 0.691 bits per heavy atom. The molecule has 0 unspecified atom stereocenters. The highest BCUT2D eigenvalue weighted by Gasteiger charge is 2.42. The van der Waals surface area contributed by atoms with Gasteiger partial charge in [0.05, 0.1) is 14.1 Å². The molecule has 0 bridgehead atoms. The first-order valence-corrected chi connectivity index (χ1v) is 24.1. The number of esters is 3. The minimum atomic E-state index is -0.855. The summed E-state index contributed by atoms with van der Waals surface area (Å²) in [7, 11) is 3.90. The van der Waals surface area contributed by atoms with Gasteiger partial charge in [-0.05, 0) is 19.3 Å². The van der Waals surface area contributed by atoms with Crippen LogP contribution in [-0.4, -0.2) is 57.4 Å². The van der Waals surface area contributed by atoms with Crippen LogP contribution in [0.15, 0.2) is 0 Å². The molecule has 7 nitrogen and oxygen atoms in total. The zero-order valence-corrected chi connectivity index (χ0v) is 37.5. The fourth-order valence-electron chi connectivity index (χ4n) is 7.23. The summed E-state index contributed by atoms with van der Waals surface area (Å²) in [5.41, 5.74) is -0.855. The van der Waals surface area contributed by atoms with Crippen LogP contribution in [0.5, 0.6) is 0 Å². The molecule has 0 aliphatic carbocycles. The Bertz CT molecular complexity index is 759. The summed E-state index contributed by atoms with van der Waals surface area (Å²) >= 11 is 0. The Morgan fingerprint density at radius 2 is 0.509 bits per heavy atom. The Morgan fingerprint density at radius 1 is 0.327 bits per heavy atom. The summed E-state index contributed by atoms with van der Waals surface area (Å²) in [4.78, 5) is 39.5. The van der Waals surface area contributed by atoms with Crippen molar-refractivity contribution in [2.75, 3.05) is 33.9 Å². The second-order valence-corrected chi connectivity index (χ2v) is 17.1. The largest absolute Gasteiger partial charge is 0.459 e. The molecule has 0 spiro atoms. The number of hydrogen-bond donors (Lipinski definition) is 1. The molecular formula is C48H94NO6+. The van der Waals surface area contributed by atoms with Gasteiger partial charge in [0.1, 0.15) is 0 Å². The Balaban J connectivity index is 4.74. The first kappa shape index (κ1) is 53.4. The van der Waals surface area contributed by atoms with Crippen LogP contribution in [0.3, 0.4) is 0 Å². The fourth-order valence-corrected chi connectivity index (χ4v) is 7.23. The number of nitrogens with one attached hydrogen (secondary N) is 1. The molecule has 0 aromatic rings. The molecule has 0 aromatic heterocycles. The molecule has 0 aliphatic heterocycles. The van der Waals surface area contributed by atoms with Crippen LogP contribution in [0.25, 0.3) is 0 Å². The topological polar surface area (TPSA) is 83.3 Å². The molecule has 0 saturated carbocycles. The van der Waals surface area contributed by atoms with Crippen LogP contribution in [-0.2, 0) is 28.6 Å². The molecule has 1 N–H and O–H groups in total. The van der Waals surface area contributed by atoms with Crippen molar-refractivity contribution in [3.05, 3.63) is 0 Å². The third-order valence-electron chi connectivity index (χ3n) is 11.5. The van der Waals surface area contributed by atoms with Crippen molar-refractivity contribution in [3.63, 3.8) is 0 Å². The number of hydrogen-bond acceptors (Lipinski definition) is 6. The molecule has 0 atom stereocenters. The smallest absolute Gasteiger partial charge is 0.306 e. The minimum absolute atomic E-state index is 0.0453. The van der Waals surface area contributed by atoms with Crippen molar-refractivity contribution in [3.8, 4) is 0 Å². The molecule has 0 aromatic carbocycles. The van der Waals surface area contributed by atoms with Crippen molar-refractivity contribution in [1.29, 1.82) is 0 Å². The maximum atomic E-state index is 12.9. The van der Waals surface area contributed by atoms with Crippen molar-refractivity contribution in [2.24, 2.45) is 0 Å². The lowest BCUT2D eigenvalue weighted by atomic mass is 10.0. The fraction of sp³-hybridized carbons (Fsp3) is 0.938. The number of quaternary nitrogens is 1. The van der Waals surface area contributed by atoms with Crippen LogP contribution in [0, 0.1) is 0 Å². The van der Waals surface area contributed by atoms with E-state index in [1.807, 2.05) is 14.1 Å². The lowest BCUT2D eigenvalue weighted by Gasteiger charge is -2.34. The van der Waals surface area contributed by atoms with E-state index in [2.05, 4.69) is 20.8 Å². The Hall–Kier alpha value is -1.63. The number of ether oxygens (including phenoxy) is 3. The maximum absolute atomic E-state index is 12.9. The average Bonchev–Trinajstić information content (AvgIpc) is 3.17. The third-order valence-corrected chi connectivity index (χ3v) is 11.5. The normalized spacial score (nSPS) is 11.7. The average molecular weight is 781 g/mol. The first-order chi connectivity index (χ1) is 26.8. The van der Waals surface area contributed by atoms with Gasteiger partial charge in [-0.15, -0.1) is 0 Å². The summed E-state index contributed by atoms with van der Waals surface area (Å²) in [5.74, 6) is -0.705. The Labute approximate surface area is 341 Å². The van der Waals surface area contributed by atoms with Gasteiger partial charge in [0, 0.05) is 19.3 Å². The van der Waals surface area contributed by atoms with Crippen molar-refractivity contribution < 1.29 is 33.5 Å². The van der Waals surface area contributed by atoms with E-state index in [0.29, 0.717) is 19.3 Å². The van der Waals surface area contributed by atoms with Crippen molar-refractivity contribution in [1.82, 2.24) is 0 Å². The highest BCUT2D eigenvalue weighted by molar-refractivity contribution is 5.70. The summed E-state index contributed by atoms with van der Waals surface area (Å²) in [5, 5.41) is 0. The van der Waals surface area contributed by atoms with Crippen LogP contribution in [0.4, 0.5) is 0 Å². The van der Waals surface area contributed by atoms with Gasteiger partial charge in [0.15, 0.2) is 19.8 Å². The van der Waals surface area contributed by atoms with Crippen molar-refractivity contribution >= 4 is 17.9 Å². The minimum Gasteiger partial charge on any atom is -0.459 e. The van der Waals surface area contributed by atoms with Gasteiger partial charge in [-0.2, -0.15) is 0 Å².